The first-order valence-corrected chi connectivity index (χ1v) is 5.53. The van der Waals surface area contributed by atoms with Crippen LogP contribution in [0.1, 0.15) is 36.1 Å². The van der Waals surface area contributed by atoms with E-state index in [1.807, 2.05) is 13.1 Å². The number of hydrogen-bond donors (Lipinski definition) is 0. The fourth-order valence-electron chi connectivity index (χ4n) is 1.45. The number of furan rings is 1. The number of hydrogen-bond acceptors (Lipinski definition) is 4. The van der Waals surface area contributed by atoms with Gasteiger partial charge < -0.3 is 9.15 Å². The Bertz CT molecular complexity index is 333. The van der Waals surface area contributed by atoms with Gasteiger partial charge in [0, 0.05) is 0 Å². The Morgan fingerprint density at radius 1 is 1.50 bits per heavy atom. The SMILES string of the molecule is CCCCN(C)Cc1ccc(C(=O)OC)o1. The topological polar surface area (TPSA) is 42.7 Å². The van der Waals surface area contributed by atoms with Gasteiger partial charge in [0.1, 0.15) is 5.76 Å². The van der Waals surface area contributed by atoms with Crippen molar-refractivity contribution in [2.45, 2.75) is 26.3 Å². The van der Waals surface area contributed by atoms with E-state index in [1.54, 1.807) is 6.07 Å². The van der Waals surface area contributed by atoms with Crippen molar-refractivity contribution in [3.63, 3.8) is 0 Å². The Hall–Kier alpha value is -1.29. The lowest BCUT2D eigenvalue weighted by atomic mass is 10.3. The highest BCUT2D eigenvalue weighted by Crippen LogP contribution is 2.11. The summed E-state index contributed by atoms with van der Waals surface area (Å²) in [4.78, 5) is 13.3. The summed E-state index contributed by atoms with van der Waals surface area (Å²) in [5, 5.41) is 0. The third-order valence-corrected chi connectivity index (χ3v) is 2.37. The van der Waals surface area contributed by atoms with E-state index in [2.05, 4.69) is 16.6 Å². The largest absolute Gasteiger partial charge is 0.463 e. The monoisotopic (exact) mass is 225 g/mol. The fraction of sp³-hybridized carbons (Fsp3) is 0.583. The van der Waals surface area contributed by atoms with Gasteiger partial charge in [-0.3, -0.25) is 4.90 Å². The predicted octanol–water partition coefficient (Wildman–Crippen LogP) is 2.30. The minimum atomic E-state index is -0.428. The van der Waals surface area contributed by atoms with Crippen LogP contribution in [0.3, 0.4) is 0 Å². The van der Waals surface area contributed by atoms with Gasteiger partial charge in [-0.1, -0.05) is 13.3 Å². The van der Waals surface area contributed by atoms with Crippen molar-refractivity contribution in [2.24, 2.45) is 0 Å². The Morgan fingerprint density at radius 2 is 2.25 bits per heavy atom. The second kappa shape index (κ2) is 6.33. The van der Waals surface area contributed by atoms with E-state index < -0.39 is 5.97 Å². The average Bonchev–Trinajstić information content (AvgIpc) is 2.73. The summed E-state index contributed by atoms with van der Waals surface area (Å²) >= 11 is 0. The standard InChI is InChI=1S/C12H19NO3/c1-4-5-8-13(2)9-10-6-7-11(16-10)12(14)15-3/h6-7H,4-5,8-9H2,1-3H3. The van der Waals surface area contributed by atoms with Gasteiger partial charge in [0.2, 0.25) is 5.76 Å². The zero-order valence-electron chi connectivity index (χ0n) is 10.2. The van der Waals surface area contributed by atoms with Crippen LogP contribution in [0.5, 0.6) is 0 Å². The minimum Gasteiger partial charge on any atom is -0.463 e. The zero-order valence-corrected chi connectivity index (χ0v) is 10.2. The van der Waals surface area contributed by atoms with Crippen molar-refractivity contribution in [2.75, 3.05) is 20.7 Å². The number of methoxy groups -OCH3 is 1. The minimum absolute atomic E-state index is 0.265. The maximum atomic E-state index is 11.2. The van der Waals surface area contributed by atoms with E-state index in [1.165, 1.54) is 20.0 Å². The highest BCUT2D eigenvalue weighted by molar-refractivity contribution is 5.86. The number of nitrogens with zero attached hydrogens (tertiary/aromatic N) is 1. The van der Waals surface area contributed by atoms with Crippen molar-refractivity contribution in [3.8, 4) is 0 Å². The summed E-state index contributed by atoms with van der Waals surface area (Å²) in [6.07, 6.45) is 2.34. The van der Waals surface area contributed by atoms with Crippen LogP contribution in [-0.4, -0.2) is 31.6 Å². The molecule has 0 aliphatic rings. The average molecular weight is 225 g/mol. The van der Waals surface area contributed by atoms with Crippen molar-refractivity contribution < 1.29 is 13.9 Å². The van der Waals surface area contributed by atoms with Crippen LogP contribution < -0.4 is 0 Å². The second-order valence-corrected chi connectivity index (χ2v) is 3.85. The Labute approximate surface area is 96.2 Å². The first kappa shape index (κ1) is 12.8. The molecule has 16 heavy (non-hydrogen) atoms. The number of rotatable bonds is 6. The van der Waals surface area contributed by atoms with Crippen LogP contribution >= 0.6 is 0 Å². The Balaban J connectivity index is 2.48. The van der Waals surface area contributed by atoms with Gasteiger partial charge in [-0.2, -0.15) is 0 Å². The van der Waals surface area contributed by atoms with Crippen molar-refractivity contribution in [3.05, 3.63) is 23.7 Å². The smallest absolute Gasteiger partial charge is 0.373 e. The van der Waals surface area contributed by atoms with Gasteiger partial charge in [0.25, 0.3) is 0 Å². The molecule has 0 aromatic carbocycles. The van der Waals surface area contributed by atoms with Crippen molar-refractivity contribution >= 4 is 5.97 Å². The van der Waals surface area contributed by atoms with E-state index in [-0.39, 0.29) is 5.76 Å². The third-order valence-electron chi connectivity index (χ3n) is 2.37. The molecule has 0 radical (unpaired) electrons. The van der Waals surface area contributed by atoms with Gasteiger partial charge >= 0.3 is 5.97 Å². The summed E-state index contributed by atoms with van der Waals surface area (Å²) in [7, 11) is 3.38. The van der Waals surface area contributed by atoms with Crippen LogP contribution in [0.15, 0.2) is 16.5 Å². The molecule has 0 bridgehead atoms. The predicted molar refractivity (Wildman–Crippen MR) is 61.3 cm³/mol. The van der Waals surface area contributed by atoms with Crippen LogP contribution in [0.4, 0.5) is 0 Å². The maximum absolute atomic E-state index is 11.2. The zero-order chi connectivity index (χ0) is 12.0. The van der Waals surface area contributed by atoms with Crippen LogP contribution in [0.2, 0.25) is 0 Å². The van der Waals surface area contributed by atoms with Crippen LogP contribution in [0, 0.1) is 0 Å². The lowest BCUT2D eigenvalue weighted by molar-refractivity contribution is 0.0561. The number of carbonyl (C=O) groups excluding carboxylic acids is 1. The molecular formula is C12H19NO3. The number of ether oxygens (including phenoxy) is 1. The molecule has 0 aliphatic carbocycles. The van der Waals surface area contributed by atoms with Gasteiger partial charge in [-0.15, -0.1) is 0 Å². The number of esters is 1. The molecule has 1 aromatic heterocycles. The van der Waals surface area contributed by atoms with E-state index in [0.29, 0.717) is 0 Å². The Morgan fingerprint density at radius 3 is 2.88 bits per heavy atom. The molecule has 0 aliphatic heterocycles. The molecule has 0 amide bonds. The van der Waals surface area contributed by atoms with Crippen molar-refractivity contribution in [1.82, 2.24) is 4.90 Å². The van der Waals surface area contributed by atoms with E-state index in [4.69, 9.17) is 4.42 Å². The normalized spacial score (nSPS) is 10.8. The van der Waals surface area contributed by atoms with E-state index >= 15 is 0 Å². The molecular weight excluding hydrogens is 206 g/mol. The lowest BCUT2D eigenvalue weighted by Gasteiger charge is -2.13. The maximum Gasteiger partial charge on any atom is 0.373 e. The van der Waals surface area contributed by atoms with Gasteiger partial charge in [-0.05, 0) is 32.1 Å². The molecule has 0 spiro atoms. The van der Waals surface area contributed by atoms with E-state index in [9.17, 15) is 4.79 Å². The number of unbranched alkanes of at least 4 members (excludes halogenated alkanes) is 1. The molecule has 1 aromatic rings. The Kier molecular flexibility index (Phi) is 5.05. The second-order valence-electron chi connectivity index (χ2n) is 3.85. The quantitative estimate of drug-likeness (QED) is 0.697. The van der Waals surface area contributed by atoms with Gasteiger partial charge in [0.05, 0.1) is 13.7 Å². The highest BCUT2D eigenvalue weighted by atomic mass is 16.5. The highest BCUT2D eigenvalue weighted by Gasteiger charge is 2.11. The molecule has 4 heteroatoms. The summed E-state index contributed by atoms with van der Waals surface area (Å²) in [6, 6.07) is 3.46. The number of carbonyl (C=O) groups is 1. The van der Waals surface area contributed by atoms with Gasteiger partial charge in [0.15, 0.2) is 0 Å². The first-order valence-electron chi connectivity index (χ1n) is 5.53. The first-order chi connectivity index (χ1) is 7.67. The molecule has 0 saturated heterocycles. The molecule has 90 valence electrons. The summed E-state index contributed by atoms with van der Waals surface area (Å²) in [5.74, 6) is 0.628. The van der Waals surface area contributed by atoms with Gasteiger partial charge in [-0.25, -0.2) is 4.79 Å². The van der Waals surface area contributed by atoms with Crippen LogP contribution in [0.25, 0.3) is 0 Å². The molecule has 0 fully saturated rings. The van der Waals surface area contributed by atoms with Crippen molar-refractivity contribution in [1.29, 1.82) is 0 Å². The molecule has 1 rings (SSSR count). The lowest BCUT2D eigenvalue weighted by Crippen LogP contribution is -2.18. The molecule has 1 heterocycles. The molecule has 0 N–H and O–H groups in total. The van der Waals surface area contributed by atoms with Crippen LogP contribution in [-0.2, 0) is 11.3 Å². The summed E-state index contributed by atoms with van der Waals surface area (Å²) in [5.41, 5.74) is 0. The van der Waals surface area contributed by atoms with E-state index in [0.717, 1.165) is 18.8 Å². The summed E-state index contributed by atoms with van der Waals surface area (Å²) < 4.78 is 9.94. The molecule has 0 atom stereocenters. The molecule has 4 nitrogen and oxygen atoms in total. The fourth-order valence-corrected chi connectivity index (χ4v) is 1.45. The third kappa shape index (κ3) is 3.70. The molecule has 0 unspecified atom stereocenters. The molecule has 0 saturated carbocycles. The summed E-state index contributed by atoms with van der Waals surface area (Å²) in [6.45, 7) is 3.91.